The molecule has 1 heterocycles. The summed E-state index contributed by atoms with van der Waals surface area (Å²) in [6.07, 6.45) is 1.78. The fourth-order valence-corrected chi connectivity index (χ4v) is 2.09. The van der Waals surface area contributed by atoms with Crippen molar-refractivity contribution in [1.82, 2.24) is 15.0 Å². The standard InChI is InChI=1S/C15H22N4O/c1-10(2)8-16-17-9-12-5-6-13-14(7-12)19(11(3)4)15(20)18-13/h5-7,9-11,16H,8H2,1-4H3,(H,18,20)/b17-9+. The molecule has 0 saturated heterocycles. The second-order valence-corrected chi connectivity index (χ2v) is 5.68. The van der Waals surface area contributed by atoms with Crippen molar-refractivity contribution in [2.75, 3.05) is 6.54 Å². The Labute approximate surface area is 118 Å². The van der Waals surface area contributed by atoms with Crippen LogP contribution in [0.15, 0.2) is 28.1 Å². The third kappa shape index (κ3) is 3.10. The van der Waals surface area contributed by atoms with Crippen molar-refractivity contribution in [2.24, 2.45) is 11.0 Å². The van der Waals surface area contributed by atoms with Gasteiger partial charge in [-0.25, -0.2) is 4.79 Å². The van der Waals surface area contributed by atoms with Crippen LogP contribution in [0.1, 0.15) is 39.3 Å². The number of rotatable bonds is 5. The Balaban J connectivity index is 2.28. The summed E-state index contributed by atoms with van der Waals surface area (Å²) in [5.74, 6) is 0.561. The highest BCUT2D eigenvalue weighted by Gasteiger charge is 2.09. The van der Waals surface area contributed by atoms with Gasteiger partial charge in [0, 0.05) is 12.6 Å². The zero-order chi connectivity index (χ0) is 14.7. The number of hydrazone groups is 1. The van der Waals surface area contributed by atoms with Crippen LogP contribution in [0, 0.1) is 5.92 Å². The Hall–Kier alpha value is -2.04. The van der Waals surface area contributed by atoms with Crippen molar-refractivity contribution in [2.45, 2.75) is 33.7 Å². The van der Waals surface area contributed by atoms with Gasteiger partial charge in [0.2, 0.25) is 0 Å². The van der Waals surface area contributed by atoms with Crippen LogP contribution in [0.5, 0.6) is 0 Å². The van der Waals surface area contributed by atoms with Gasteiger partial charge in [0.25, 0.3) is 0 Å². The van der Waals surface area contributed by atoms with Gasteiger partial charge in [-0.3, -0.25) is 4.57 Å². The summed E-state index contributed by atoms with van der Waals surface area (Å²) >= 11 is 0. The van der Waals surface area contributed by atoms with E-state index in [2.05, 4.69) is 29.4 Å². The van der Waals surface area contributed by atoms with Gasteiger partial charge < -0.3 is 10.4 Å². The Morgan fingerprint density at radius 3 is 2.75 bits per heavy atom. The number of fused-ring (bicyclic) bond motifs is 1. The molecule has 0 saturated carbocycles. The number of H-pyrrole nitrogens is 1. The second-order valence-electron chi connectivity index (χ2n) is 5.68. The summed E-state index contributed by atoms with van der Waals surface area (Å²) in [7, 11) is 0. The van der Waals surface area contributed by atoms with Crippen LogP contribution in [0.25, 0.3) is 11.0 Å². The predicted octanol–water partition coefficient (Wildman–Crippen LogP) is 2.49. The number of hydrogen-bond acceptors (Lipinski definition) is 3. The molecule has 1 aromatic heterocycles. The predicted molar refractivity (Wildman–Crippen MR) is 83.4 cm³/mol. The van der Waals surface area contributed by atoms with Crippen molar-refractivity contribution in [3.8, 4) is 0 Å². The van der Waals surface area contributed by atoms with Gasteiger partial charge in [-0.05, 0) is 37.5 Å². The van der Waals surface area contributed by atoms with Gasteiger partial charge in [-0.15, -0.1) is 0 Å². The lowest BCUT2D eigenvalue weighted by atomic mass is 10.2. The SMILES string of the molecule is CC(C)CN/N=C/c1ccc2[nH]c(=O)n(C(C)C)c2c1. The molecule has 20 heavy (non-hydrogen) atoms. The highest BCUT2D eigenvalue weighted by atomic mass is 16.1. The molecule has 2 N–H and O–H groups in total. The van der Waals surface area contributed by atoms with E-state index < -0.39 is 0 Å². The molecule has 0 radical (unpaired) electrons. The van der Waals surface area contributed by atoms with Crippen LogP contribution in [-0.4, -0.2) is 22.3 Å². The van der Waals surface area contributed by atoms with Crippen LogP contribution in [0.2, 0.25) is 0 Å². The summed E-state index contributed by atoms with van der Waals surface area (Å²) in [5, 5.41) is 4.20. The maximum atomic E-state index is 11.9. The number of nitrogens with one attached hydrogen (secondary N) is 2. The lowest BCUT2D eigenvalue weighted by Gasteiger charge is -2.07. The first-order valence-corrected chi connectivity index (χ1v) is 6.99. The molecule has 1 aromatic carbocycles. The van der Waals surface area contributed by atoms with Gasteiger partial charge in [0.05, 0.1) is 17.2 Å². The summed E-state index contributed by atoms with van der Waals surface area (Å²) in [5.41, 5.74) is 5.70. The highest BCUT2D eigenvalue weighted by Crippen LogP contribution is 2.15. The van der Waals surface area contributed by atoms with E-state index in [1.54, 1.807) is 10.8 Å². The molecule has 0 fully saturated rings. The van der Waals surface area contributed by atoms with E-state index in [0.717, 1.165) is 23.1 Å². The van der Waals surface area contributed by atoms with E-state index >= 15 is 0 Å². The molecule has 108 valence electrons. The summed E-state index contributed by atoms with van der Waals surface area (Å²) in [6, 6.07) is 5.97. The third-order valence-electron chi connectivity index (χ3n) is 3.06. The molecule has 2 aromatic rings. The zero-order valence-electron chi connectivity index (χ0n) is 12.5. The van der Waals surface area contributed by atoms with Crippen molar-refractivity contribution >= 4 is 17.2 Å². The summed E-state index contributed by atoms with van der Waals surface area (Å²) in [6.45, 7) is 9.12. The van der Waals surface area contributed by atoms with Gasteiger partial charge in [-0.2, -0.15) is 5.10 Å². The molecule has 0 aliphatic heterocycles. The van der Waals surface area contributed by atoms with Crippen LogP contribution in [0.3, 0.4) is 0 Å². The molecule has 0 amide bonds. The number of aromatic nitrogens is 2. The molecular weight excluding hydrogens is 252 g/mol. The number of hydrogen-bond donors (Lipinski definition) is 2. The Morgan fingerprint density at radius 1 is 1.35 bits per heavy atom. The fourth-order valence-electron chi connectivity index (χ4n) is 2.09. The molecule has 5 nitrogen and oxygen atoms in total. The van der Waals surface area contributed by atoms with Gasteiger partial charge in [0.1, 0.15) is 0 Å². The molecule has 2 rings (SSSR count). The minimum absolute atomic E-state index is 0.0676. The van der Waals surface area contributed by atoms with Crippen LogP contribution in [-0.2, 0) is 0 Å². The number of aromatic amines is 1. The van der Waals surface area contributed by atoms with Gasteiger partial charge >= 0.3 is 5.69 Å². The lowest BCUT2D eigenvalue weighted by Crippen LogP contribution is -2.18. The average Bonchev–Trinajstić information content (AvgIpc) is 2.69. The maximum absolute atomic E-state index is 11.9. The van der Waals surface area contributed by atoms with E-state index in [0.29, 0.717) is 5.92 Å². The van der Waals surface area contributed by atoms with Crippen molar-refractivity contribution in [1.29, 1.82) is 0 Å². The van der Waals surface area contributed by atoms with Crippen molar-refractivity contribution in [3.63, 3.8) is 0 Å². The van der Waals surface area contributed by atoms with E-state index in [4.69, 9.17) is 0 Å². The maximum Gasteiger partial charge on any atom is 0.326 e. The van der Waals surface area contributed by atoms with Gasteiger partial charge in [-0.1, -0.05) is 19.9 Å². The largest absolute Gasteiger partial charge is 0.326 e. The minimum Gasteiger partial charge on any atom is -0.310 e. The van der Waals surface area contributed by atoms with Crippen LogP contribution >= 0.6 is 0 Å². The second kappa shape index (κ2) is 5.94. The smallest absolute Gasteiger partial charge is 0.310 e. The molecule has 0 unspecified atom stereocenters. The first-order valence-electron chi connectivity index (χ1n) is 6.99. The minimum atomic E-state index is -0.0676. The summed E-state index contributed by atoms with van der Waals surface area (Å²) in [4.78, 5) is 14.8. The molecule has 0 spiro atoms. The van der Waals surface area contributed by atoms with Crippen molar-refractivity contribution in [3.05, 3.63) is 34.2 Å². The van der Waals surface area contributed by atoms with Crippen LogP contribution < -0.4 is 11.1 Å². The zero-order valence-corrected chi connectivity index (χ0v) is 12.5. The lowest BCUT2D eigenvalue weighted by molar-refractivity contribution is 0.571. The molecule has 0 aliphatic carbocycles. The molecule has 0 aliphatic rings. The van der Waals surface area contributed by atoms with E-state index in [-0.39, 0.29) is 11.7 Å². The molecule has 0 atom stereocenters. The molecule has 5 heteroatoms. The van der Waals surface area contributed by atoms with E-state index in [9.17, 15) is 4.79 Å². The van der Waals surface area contributed by atoms with Crippen molar-refractivity contribution < 1.29 is 0 Å². The topological polar surface area (TPSA) is 62.2 Å². The number of nitrogens with zero attached hydrogens (tertiary/aromatic N) is 2. The van der Waals surface area contributed by atoms with E-state index in [1.807, 2.05) is 32.0 Å². The Kier molecular flexibility index (Phi) is 4.27. The monoisotopic (exact) mass is 274 g/mol. The third-order valence-corrected chi connectivity index (χ3v) is 3.06. The first-order chi connectivity index (χ1) is 9.49. The van der Waals surface area contributed by atoms with Crippen LogP contribution in [0.4, 0.5) is 0 Å². The summed E-state index contributed by atoms with van der Waals surface area (Å²) < 4.78 is 1.76. The Bertz CT molecular complexity index is 664. The normalized spacial score (nSPS) is 12.1. The average molecular weight is 274 g/mol. The first kappa shape index (κ1) is 14.4. The Morgan fingerprint density at radius 2 is 2.10 bits per heavy atom. The molecule has 0 bridgehead atoms. The fraction of sp³-hybridized carbons (Fsp3) is 0.467. The van der Waals surface area contributed by atoms with E-state index in [1.165, 1.54) is 0 Å². The molecular formula is C15H22N4O. The number of imidazole rings is 1. The quantitative estimate of drug-likeness (QED) is 0.650. The number of benzene rings is 1. The van der Waals surface area contributed by atoms with Gasteiger partial charge in [0.15, 0.2) is 0 Å². The highest BCUT2D eigenvalue weighted by molar-refractivity contribution is 5.87.